The van der Waals surface area contributed by atoms with Crippen LogP contribution in [0.2, 0.25) is 0 Å². The van der Waals surface area contributed by atoms with Crippen LogP contribution in [0.3, 0.4) is 0 Å². The van der Waals surface area contributed by atoms with Crippen molar-refractivity contribution in [3.8, 4) is 0 Å². The average molecular weight is 362 g/mol. The number of nitrogens with zero attached hydrogens (tertiary/aromatic N) is 2. The highest BCUT2D eigenvalue weighted by Gasteiger charge is 2.21. The van der Waals surface area contributed by atoms with Crippen molar-refractivity contribution in [2.75, 3.05) is 13.3 Å². The maximum absolute atomic E-state index is 12.4. The first-order valence-electron chi connectivity index (χ1n) is 7.38. The monoisotopic (exact) mass is 362 g/mol. The van der Waals surface area contributed by atoms with Crippen molar-refractivity contribution in [1.82, 2.24) is 20.6 Å². The molecular weight excluding hydrogens is 344 g/mol. The lowest BCUT2D eigenvalue weighted by molar-refractivity contribution is -0.121. The number of rotatable bonds is 6. The van der Waals surface area contributed by atoms with Crippen LogP contribution in [0.25, 0.3) is 0 Å². The van der Waals surface area contributed by atoms with E-state index in [1.165, 1.54) is 31.7 Å². The molecule has 0 aliphatic heterocycles. The van der Waals surface area contributed by atoms with Crippen LogP contribution in [-0.2, 0) is 14.6 Å². The minimum atomic E-state index is -3.51. The van der Waals surface area contributed by atoms with Crippen LogP contribution >= 0.6 is 0 Å². The molecule has 2 rings (SSSR count). The first kappa shape index (κ1) is 18.5. The molecule has 0 fully saturated rings. The quantitative estimate of drug-likeness (QED) is 0.772. The average Bonchev–Trinajstić information content (AvgIpc) is 2.61. The molecule has 2 amide bonds. The summed E-state index contributed by atoms with van der Waals surface area (Å²) in [6.45, 7) is 0. The molecule has 2 heterocycles. The third-order valence-electron chi connectivity index (χ3n) is 3.46. The zero-order valence-electron chi connectivity index (χ0n) is 13.8. The van der Waals surface area contributed by atoms with Gasteiger partial charge in [0.05, 0.1) is 12.5 Å². The maximum atomic E-state index is 12.4. The molecule has 0 saturated carbocycles. The summed E-state index contributed by atoms with van der Waals surface area (Å²) in [5.74, 6) is -0.688. The number of hydrogen-bond acceptors (Lipinski definition) is 6. The van der Waals surface area contributed by atoms with E-state index in [2.05, 4.69) is 20.6 Å². The Morgan fingerprint density at radius 1 is 1.16 bits per heavy atom. The van der Waals surface area contributed by atoms with Gasteiger partial charge in [0.15, 0.2) is 14.9 Å². The number of hydrogen-bond donors (Lipinski definition) is 2. The number of carbonyl (C=O) groups is 2. The van der Waals surface area contributed by atoms with Crippen molar-refractivity contribution in [2.45, 2.75) is 17.5 Å². The van der Waals surface area contributed by atoms with Gasteiger partial charge >= 0.3 is 0 Å². The van der Waals surface area contributed by atoms with Crippen LogP contribution < -0.4 is 10.6 Å². The summed E-state index contributed by atoms with van der Waals surface area (Å²) in [6.07, 6.45) is 5.30. The lowest BCUT2D eigenvalue weighted by Crippen LogP contribution is -2.33. The molecule has 9 heteroatoms. The van der Waals surface area contributed by atoms with Gasteiger partial charge in [0.25, 0.3) is 5.91 Å². The van der Waals surface area contributed by atoms with Crippen LogP contribution in [0, 0.1) is 0 Å². The molecule has 0 unspecified atom stereocenters. The highest BCUT2D eigenvalue weighted by molar-refractivity contribution is 7.90. The van der Waals surface area contributed by atoms with E-state index in [1.54, 1.807) is 18.2 Å². The maximum Gasteiger partial charge on any atom is 0.251 e. The first-order chi connectivity index (χ1) is 11.8. The molecule has 2 aromatic heterocycles. The van der Waals surface area contributed by atoms with Crippen molar-refractivity contribution >= 4 is 21.7 Å². The molecule has 0 spiro atoms. The first-order valence-corrected chi connectivity index (χ1v) is 9.28. The van der Waals surface area contributed by atoms with Crippen LogP contribution in [-0.4, -0.2) is 43.5 Å². The van der Waals surface area contributed by atoms with Gasteiger partial charge in [0, 0.05) is 37.5 Å². The standard InChI is InChI=1S/C16H18N4O4S/c1-17-14(21)10-13(20-16(22)11-3-6-18-7-4-11)12-5-8-19-15(9-12)25(2,23)24/h3-9,13H,10H2,1-2H3,(H,17,21)(H,20,22)/t13-/m0/s1. The Hall–Kier alpha value is -2.81. The van der Waals surface area contributed by atoms with Crippen molar-refractivity contribution in [3.05, 3.63) is 54.0 Å². The van der Waals surface area contributed by atoms with Crippen molar-refractivity contribution in [2.24, 2.45) is 0 Å². The minimum absolute atomic E-state index is 0.0411. The molecule has 2 N–H and O–H groups in total. The number of carbonyl (C=O) groups excluding carboxylic acids is 2. The Morgan fingerprint density at radius 2 is 1.84 bits per heavy atom. The molecule has 132 valence electrons. The van der Waals surface area contributed by atoms with Gasteiger partial charge in [-0.3, -0.25) is 14.6 Å². The fourth-order valence-corrected chi connectivity index (χ4v) is 2.73. The second-order valence-corrected chi connectivity index (χ2v) is 7.30. The number of nitrogens with one attached hydrogen (secondary N) is 2. The molecule has 25 heavy (non-hydrogen) atoms. The molecule has 0 aliphatic rings. The zero-order valence-corrected chi connectivity index (χ0v) is 14.6. The summed E-state index contributed by atoms with van der Waals surface area (Å²) in [5.41, 5.74) is 0.857. The Balaban J connectivity index is 2.33. The lowest BCUT2D eigenvalue weighted by atomic mass is 10.0. The number of aromatic nitrogens is 2. The lowest BCUT2D eigenvalue weighted by Gasteiger charge is -2.19. The van der Waals surface area contributed by atoms with Crippen LogP contribution in [0.1, 0.15) is 28.4 Å². The van der Waals surface area contributed by atoms with E-state index in [-0.39, 0.29) is 17.4 Å². The van der Waals surface area contributed by atoms with E-state index in [0.29, 0.717) is 11.1 Å². The number of pyridine rings is 2. The zero-order chi connectivity index (χ0) is 18.4. The summed E-state index contributed by atoms with van der Waals surface area (Å²) in [7, 11) is -2.02. The van der Waals surface area contributed by atoms with Gasteiger partial charge in [-0.25, -0.2) is 13.4 Å². The van der Waals surface area contributed by atoms with Gasteiger partial charge < -0.3 is 10.6 Å². The van der Waals surface area contributed by atoms with Crippen LogP contribution in [0.5, 0.6) is 0 Å². The van der Waals surface area contributed by atoms with E-state index < -0.39 is 21.8 Å². The SMILES string of the molecule is CNC(=O)C[C@H](NC(=O)c1ccncc1)c1ccnc(S(C)(=O)=O)c1. The normalized spacial score (nSPS) is 12.2. The third-order valence-corrected chi connectivity index (χ3v) is 4.44. The van der Waals surface area contributed by atoms with E-state index in [4.69, 9.17) is 0 Å². The summed E-state index contributed by atoms with van der Waals surface area (Å²) in [6, 6.07) is 5.30. The fourth-order valence-electron chi connectivity index (χ4n) is 2.13. The van der Waals surface area contributed by atoms with Crippen molar-refractivity contribution in [1.29, 1.82) is 0 Å². The Labute approximate surface area is 145 Å². The summed E-state index contributed by atoms with van der Waals surface area (Å²) >= 11 is 0. The smallest absolute Gasteiger partial charge is 0.251 e. The number of sulfone groups is 1. The second kappa shape index (κ2) is 7.84. The minimum Gasteiger partial charge on any atom is -0.359 e. The molecule has 2 aromatic rings. The van der Waals surface area contributed by atoms with Gasteiger partial charge in [-0.2, -0.15) is 0 Å². The van der Waals surface area contributed by atoms with E-state index in [1.807, 2.05) is 0 Å². The highest BCUT2D eigenvalue weighted by Crippen LogP contribution is 2.20. The predicted octanol–water partition coefficient (Wildman–Crippen LogP) is 0.487. The highest BCUT2D eigenvalue weighted by atomic mass is 32.2. The Bertz CT molecular complexity index is 869. The molecule has 1 atom stereocenters. The Morgan fingerprint density at radius 3 is 2.44 bits per heavy atom. The molecule has 0 saturated heterocycles. The topological polar surface area (TPSA) is 118 Å². The van der Waals surface area contributed by atoms with Gasteiger partial charge in [0.2, 0.25) is 5.91 Å². The molecule has 0 radical (unpaired) electrons. The van der Waals surface area contributed by atoms with E-state index in [9.17, 15) is 18.0 Å². The molecule has 0 bridgehead atoms. The second-order valence-electron chi connectivity index (χ2n) is 5.34. The predicted molar refractivity (Wildman–Crippen MR) is 90.5 cm³/mol. The molecule has 0 aliphatic carbocycles. The van der Waals surface area contributed by atoms with Gasteiger partial charge in [0.1, 0.15) is 0 Å². The number of amides is 2. The van der Waals surface area contributed by atoms with Crippen molar-refractivity contribution in [3.63, 3.8) is 0 Å². The fraction of sp³-hybridized carbons (Fsp3) is 0.250. The largest absolute Gasteiger partial charge is 0.359 e. The van der Waals surface area contributed by atoms with Crippen molar-refractivity contribution < 1.29 is 18.0 Å². The van der Waals surface area contributed by atoms with Gasteiger partial charge in [-0.1, -0.05) is 0 Å². The van der Waals surface area contributed by atoms with E-state index in [0.717, 1.165) is 6.26 Å². The van der Waals surface area contributed by atoms with E-state index >= 15 is 0 Å². The van der Waals surface area contributed by atoms with Gasteiger partial charge in [-0.05, 0) is 29.8 Å². The Kier molecular flexibility index (Phi) is 5.81. The summed E-state index contributed by atoms with van der Waals surface area (Å²) in [5, 5.41) is 5.11. The molecular formula is C16H18N4O4S. The molecule has 0 aromatic carbocycles. The summed E-state index contributed by atoms with van der Waals surface area (Å²) in [4.78, 5) is 31.8. The van der Waals surface area contributed by atoms with Crippen LogP contribution in [0.4, 0.5) is 0 Å². The third kappa shape index (κ3) is 5.08. The molecule has 8 nitrogen and oxygen atoms in total. The van der Waals surface area contributed by atoms with Crippen LogP contribution in [0.15, 0.2) is 47.9 Å². The van der Waals surface area contributed by atoms with Gasteiger partial charge in [-0.15, -0.1) is 0 Å². The summed E-state index contributed by atoms with van der Waals surface area (Å²) < 4.78 is 23.4.